The van der Waals surface area contributed by atoms with Gasteiger partial charge in [0.15, 0.2) is 28.8 Å². The fourth-order valence-electron chi connectivity index (χ4n) is 3.66. The summed E-state index contributed by atoms with van der Waals surface area (Å²) in [4.78, 5) is 20.5. The van der Waals surface area contributed by atoms with E-state index >= 15 is 8.78 Å². The van der Waals surface area contributed by atoms with Crippen LogP contribution in [0.15, 0.2) is 36.7 Å². The van der Waals surface area contributed by atoms with Gasteiger partial charge >= 0.3 is 5.92 Å². The van der Waals surface area contributed by atoms with Crippen molar-refractivity contribution in [2.24, 2.45) is 5.92 Å². The quantitative estimate of drug-likeness (QED) is 0.361. The van der Waals surface area contributed by atoms with Crippen LogP contribution in [0.5, 0.6) is 0 Å². The standard InChI is InChI=1S/C21H18F2N10O2/c1-35-10-15-25-18(29-27-15)12-4-6-17-28-30-20(32(17)8-12)21(22,23)13-5-7-16-24-14(9-33(16)31-13)26-19(34)11-2-3-11/h4-9,11H,2-3,10H2,1H3,(H,26,34)(H,25,27,29). The van der Waals surface area contributed by atoms with Crippen molar-refractivity contribution in [3.8, 4) is 11.4 Å². The van der Waals surface area contributed by atoms with Crippen LogP contribution in [-0.2, 0) is 22.1 Å². The number of halogens is 2. The van der Waals surface area contributed by atoms with Gasteiger partial charge in [0.25, 0.3) is 0 Å². The number of hydrogen-bond acceptors (Lipinski definition) is 8. The summed E-state index contributed by atoms with van der Waals surface area (Å²) in [6, 6.07) is 5.79. The fraction of sp³-hybridized carbons (Fsp3) is 0.286. The summed E-state index contributed by atoms with van der Waals surface area (Å²) in [6.45, 7) is 0.236. The molecule has 1 aliphatic rings. The SMILES string of the molecule is COCc1nc(-c2ccc3nnc(C(F)(F)c4ccc5nc(NC(=O)C6CC6)cn5n4)n3c2)n[nH]1. The van der Waals surface area contributed by atoms with Crippen LogP contribution in [0.2, 0.25) is 0 Å². The number of aromatic amines is 1. The van der Waals surface area contributed by atoms with Crippen molar-refractivity contribution >= 4 is 23.0 Å². The van der Waals surface area contributed by atoms with Crippen molar-refractivity contribution in [1.82, 2.24) is 44.4 Å². The van der Waals surface area contributed by atoms with Gasteiger partial charge in [0.05, 0.1) is 6.20 Å². The van der Waals surface area contributed by atoms with Gasteiger partial charge in [-0.2, -0.15) is 19.0 Å². The summed E-state index contributed by atoms with van der Waals surface area (Å²) < 4.78 is 38.6. The average Bonchev–Trinajstić information content (AvgIpc) is 3.25. The van der Waals surface area contributed by atoms with Gasteiger partial charge in [-0.05, 0) is 37.1 Å². The van der Waals surface area contributed by atoms with Crippen LogP contribution in [0.25, 0.3) is 22.7 Å². The molecule has 0 bridgehead atoms. The molecule has 12 nitrogen and oxygen atoms in total. The number of aromatic nitrogens is 9. The Morgan fingerprint density at radius 3 is 2.80 bits per heavy atom. The van der Waals surface area contributed by atoms with Crippen molar-refractivity contribution in [1.29, 1.82) is 0 Å². The summed E-state index contributed by atoms with van der Waals surface area (Å²) in [5.74, 6) is -3.27. The van der Waals surface area contributed by atoms with Crippen LogP contribution in [-0.4, -0.2) is 57.4 Å². The van der Waals surface area contributed by atoms with Crippen molar-refractivity contribution in [3.05, 3.63) is 54.0 Å². The first-order valence-electron chi connectivity index (χ1n) is 10.7. The Morgan fingerprint density at radius 1 is 1.17 bits per heavy atom. The number of alkyl halides is 2. The van der Waals surface area contributed by atoms with Crippen LogP contribution in [0.4, 0.5) is 14.6 Å². The van der Waals surface area contributed by atoms with Gasteiger partial charge in [-0.3, -0.25) is 14.3 Å². The zero-order chi connectivity index (χ0) is 24.2. The molecule has 0 radical (unpaired) electrons. The van der Waals surface area contributed by atoms with Gasteiger partial charge in [0.1, 0.15) is 12.3 Å². The normalized spacial score (nSPS) is 14.1. The first kappa shape index (κ1) is 21.2. The monoisotopic (exact) mass is 480 g/mol. The number of rotatable bonds is 7. The molecule has 14 heteroatoms. The second-order valence-electron chi connectivity index (χ2n) is 8.19. The number of fused-ring (bicyclic) bond motifs is 2. The molecule has 0 saturated heterocycles. The Bertz CT molecular complexity index is 1570. The highest BCUT2D eigenvalue weighted by atomic mass is 19.3. The second-order valence-corrected chi connectivity index (χ2v) is 8.19. The van der Waals surface area contributed by atoms with E-state index in [9.17, 15) is 4.79 Å². The van der Waals surface area contributed by atoms with E-state index in [2.05, 4.69) is 40.8 Å². The maximum atomic E-state index is 15.6. The highest BCUT2D eigenvalue weighted by Gasteiger charge is 2.41. The van der Waals surface area contributed by atoms with Crippen LogP contribution in [0.3, 0.4) is 0 Å². The maximum Gasteiger partial charge on any atom is 0.350 e. The Morgan fingerprint density at radius 2 is 2.00 bits per heavy atom. The molecule has 0 aromatic carbocycles. The zero-order valence-electron chi connectivity index (χ0n) is 18.3. The number of pyridine rings is 1. The maximum absolute atomic E-state index is 15.6. The number of nitrogens with zero attached hydrogens (tertiary/aromatic N) is 8. The Kier molecular flexibility index (Phi) is 4.77. The van der Waals surface area contributed by atoms with Crippen LogP contribution >= 0.6 is 0 Å². The number of imidazole rings is 1. The molecule has 1 aliphatic carbocycles. The molecular weight excluding hydrogens is 462 g/mol. The first-order chi connectivity index (χ1) is 16.9. The zero-order valence-corrected chi connectivity index (χ0v) is 18.3. The van der Waals surface area contributed by atoms with E-state index in [1.54, 1.807) is 12.1 Å². The lowest BCUT2D eigenvalue weighted by atomic mass is 10.2. The number of anilines is 1. The van der Waals surface area contributed by atoms with E-state index in [0.717, 1.165) is 12.8 Å². The van der Waals surface area contributed by atoms with E-state index in [-0.39, 0.29) is 29.9 Å². The van der Waals surface area contributed by atoms with Crippen molar-refractivity contribution in [3.63, 3.8) is 0 Å². The number of nitrogens with one attached hydrogen (secondary N) is 2. The van der Waals surface area contributed by atoms with Crippen molar-refractivity contribution in [2.45, 2.75) is 25.4 Å². The fourth-order valence-corrected chi connectivity index (χ4v) is 3.66. The molecule has 0 unspecified atom stereocenters. The highest BCUT2D eigenvalue weighted by molar-refractivity contribution is 5.93. The van der Waals surface area contributed by atoms with E-state index in [1.807, 2.05) is 0 Å². The van der Waals surface area contributed by atoms with E-state index in [0.29, 0.717) is 22.9 Å². The smallest absolute Gasteiger partial charge is 0.350 e. The molecule has 1 saturated carbocycles. The number of carbonyl (C=O) groups is 1. The third-order valence-electron chi connectivity index (χ3n) is 5.60. The molecule has 0 atom stereocenters. The van der Waals surface area contributed by atoms with Gasteiger partial charge in [-0.1, -0.05) is 0 Å². The number of amides is 1. The largest absolute Gasteiger partial charge is 0.377 e. The molecule has 5 aromatic heterocycles. The third-order valence-corrected chi connectivity index (χ3v) is 5.60. The summed E-state index contributed by atoms with van der Waals surface area (Å²) >= 11 is 0. The van der Waals surface area contributed by atoms with Gasteiger partial charge in [0, 0.05) is 24.8 Å². The van der Waals surface area contributed by atoms with Crippen LogP contribution in [0.1, 0.15) is 30.2 Å². The Balaban J connectivity index is 1.35. The Labute approximate surface area is 195 Å². The molecule has 35 heavy (non-hydrogen) atoms. The summed E-state index contributed by atoms with van der Waals surface area (Å²) in [5.41, 5.74) is 0.481. The molecule has 0 aliphatic heterocycles. The van der Waals surface area contributed by atoms with Gasteiger partial charge in [0.2, 0.25) is 11.7 Å². The highest BCUT2D eigenvalue weighted by Crippen LogP contribution is 2.34. The molecule has 0 spiro atoms. The number of ether oxygens (including phenoxy) is 1. The molecule has 1 fully saturated rings. The first-order valence-corrected chi connectivity index (χ1v) is 10.7. The lowest BCUT2D eigenvalue weighted by Crippen LogP contribution is -2.22. The van der Waals surface area contributed by atoms with E-state index in [4.69, 9.17) is 4.74 Å². The Hall–Kier alpha value is -4.33. The molecule has 178 valence electrons. The topological polar surface area (TPSA) is 140 Å². The van der Waals surface area contributed by atoms with Crippen LogP contribution in [0, 0.1) is 5.92 Å². The minimum absolute atomic E-state index is 0.0120. The van der Waals surface area contributed by atoms with Crippen molar-refractivity contribution < 1.29 is 18.3 Å². The molecule has 1 amide bonds. The lowest BCUT2D eigenvalue weighted by molar-refractivity contribution is -0.117. The predicted octanol–water partition coefficient (Wildman–Crippen LogP) is 2.19. The molecule has 6 rings (SSSR count). The number of hydrogen-bond donors (Lipinski definition) is 2. The van der Waals surface area contributed by atoms with Gasteiger partial charge < -0.3 is 10.1 Å². The molecule has 2 N–H and O–H groups in total. The van der Waals surface area contributed by atoms with Crippen molar-refractivity contribution in [2.75, 3.05) is 12.4 Å². The second kappa shape index (κ2) is 7.87. The third kappa shape index (κ3) is 3.77. The number of methoxy groups -OCH3 is 1. The summed E-state index contributed by atoms with van der Waals surface area (Å²) in [7, 11) is 1.53. The predicted molar refractivity (Wildman–Crippen MR) is 116 cm³/mol. The number of H-pyrrole nitrogens is 1. The molecular formula is C21H18F2N10O2. The van der Waals surface area contributed by atoms with Crippen LogP contribution < -0.4 is 5.32 Å². The van der Waals surface area contributed by atoms with Gasteiger partial charge in [-0.15, -0.1) is 10.2 Å². The minimum Gasteiger partial charge on any atom is -0.377 e. The van der Waals surface area contributed by atoms with E-state index in [1.165, 1.54) is 40.6 Å². The lowest BCUT2D eigenvalue weighted by Gasteiger charge is -2.14. The minimum atomic E-state index is -3.59. The number of carbonyl (C=O) groups excluding carboxylic acids is 1. The summed E-state index contributed by atoms with van der Waals surface area (Å²) in [6.07, 6.45) is 4.52. The van der Waals surface area contributed by atoms with E-state index < -0.39 is 17.4 Å². The molecule has 5 heterocycles. The van der Waals surface area contributed by atoms with Gasteiger partial charge in [-0.25, -0.2) is 14.5 Å². The average molecular weight is 480 g/mol. The summed E-state index contributed by atoms with van der Waals surface area (Å²) in [5, 5.41) is 21.2. The molecule has 5 aromatic rings.